The molecule has 0 radical (unpaired) electrons. The minimum atomic E-state index is -0.0429. The molecule has 136 valence electrons. The first kappa shape index (κ1) is 18.3. The fourth-order valence-corrected chi connectivity index (χ4v) is 2.65. The van der Waals surface area contributed by atoms with E-state index in [1.54, 1.807) is 68.0 Å². The Kier molecular flexibility index (Phi) is 5.94. The zero-order chi connectivity index (χ0) is 19.1. The van der Waals surface area contributed by atoms with Crippen molar-refractivity contribution in [3.05, 3.63) is 89.7 Å². The van der Waals surface area contributed by atoms with Gasteiger partial charge in [0.15, 0.2) is 11.6 Å². The lowest BCUT2D eigenvalue weighted by molar-refractivity contribution is 0.0985. The average molecular weight is 360 g/mol. The van der Waals surface area contributed by atoms with E-state index in [1.165, 1.54) is 0 Å². The molecule has 3 aromatic rings. The average Bonchev–Trinajstić information content (AvgIpc) is 2.74. The van der Waals surface area contributed by atoms with Gasteiger partial charge in [-0.3, -0.25) is 14.6 Å². The second-order valence-electron chi connectivity index (χ2n) is 5.97. The molecule has 0 saturated carbocycles. The molecule has 0 unspecified atom stereocenters. The highest BCUT2D eigenvalue weighted by molar-refractivity contribution is 6.09. The molecule has 0 saturated heterocycles. The van der Waals surface area contributed by atoms with E-state index in [9.17, 15) is 9.59 Å². The normalized spacial score (nSPS) is 10.3. The summed E-state index contributed by atoms with van der Waals surface area (Å²) >= 11 is 0. The Labute approximate surface area is 158 Å². The highest BCUT2D eigenvalue weighted by Crippen LogP contribution is 2.15. The Morgan fingerprint density at radius 2 is 1.44 bits per heavy atom. The number of anilines is 1. The van der Waals surface area contributed by atoms with Gasteiger partial charge in [-0.05, 0) is 60.7 Å². The summed E-state index contributed by atoms with van der Waals surface area (Å²) in [5.74, 6) is 0.749. The van der Waals surface area contributed by atoms with Crippen molar-refractivity contribution in [3.63, 3.8) is 0 Å². The third-order valence-electron chi connectivity index (χ3n) is 4.18. The van der Waals surface area contributed by atoms with Crippen molar-refractivity contribution in [1.82, 2.24) is 4.98 Å². The summed E-state index contributed by atoms with van der Waals surface area (Å²) in [6, 6.07) is 17.7. The lowest BCUT2D eigenvalue weighted by Crippen LogP contribution is -2.09. The molecule has 2 aromatic carbocycles. The fourth-order valence-electron chi connectivity index (χ4n) is 2.65. The number of rotatable bonds is 8. The number of ketones is 2. The number of Topliss-reactive ketones (excluding diaryl/α,β-unsaturated/α-hetero) is 1. The molecule has 3 rings (SSSR count). The maximum absolute atomic E-state index is 12.4. The van der Waals surface area contributed by atoms with E-state index in [4.69, 9.17) is 4.74 Å². The predicted molar refractivity (Wildman–Crippen MR) is 105 cm³/mol. The molecule has 0 aliphatic rings. The molecule has 5 heteroatoms. The zero-order valence-corrected chi connectivity index (χ0v) is 15.0. The fraction of sp³-hybridized carbons (Fsp3) is 0.136. The van der Waals surface area contributed by atoms with Gasteiger partial charge in [-0.1, -0.05) is 0 Å². The molecule has 0 aliphatic heterocycles. The summed E-state index contributed by atoms with van der Waals surface area (Å²) in [5, 5.41) is 3.21. The van der Waals surface area contributed by atoms with Crippen molar-refractivity contribution >= 4 is 17.3 Å². The third kappa shape index (κ3) is 4.79. The van der Waals surface area contributed by atoms with E-state index >= 15 is 0 Å². The molecule has 0 spiro atoms. The van der Waals surface area contributed by atoms with Crippen molar-refractivity contribution in [2.24, 2.45) is 0 Å². The summed E-state index contributed by atoms with van der Waals surface area (Å²) in [6.07, 6.45) is 3.58. The molecule has 1 N–H and O–H groups in total. The van der Waals surface area contributed by atoms with E-state index < -0.39 is 0 Å². The van der Waals surface area contributed by atoms with E-state index in [0.29, 0.717) is 29.7 Å². The molecule has 0 aliphatic carbocycles. The third-order valence-corrected chi connectivity index (χ3v) is 4.18. The molecule has 0 amide bonds. The Hall–Kier alpha value is -3.47. The molecule has 0 bridgehead atoms. The van der Waals surface area contributed by atoms with Crippen molar-refractivity contribution in [1.29, 1.82) is 0 Å². The first-order valence-corrected chi connectivity index (χ1v) is 8.63. The van der Waals surface area contributed by atoms with Crippen LogP contribution in [0.1, 0.15) is 32.7 Å². The molecule has 1 heterocycles. The molecule has 0 atom stereocenters. The Morgan fingerprint density at radius 1 is 0.852 bits per heavy atom. The van der Waals surface area contributed by atoms with E-state index in [0.717, 1.165) is 11.4 Å². The SMILES string of the molecule is COc1ccc(C(=O)CCNc2ccc(C(=O)c3ccncc3)cc2)cc1. The number of carbonyl (C=O) groups is 2. The number of ether oxygens (including phenoxy) is 1. The van der Waals surface area contributed by atoms with Crippen LogP contribution < -0.4 is 10.1 Å². The Balaban J connectivity index is 1.52. The number of hydrogen-bond donors (Lipinski definition) is 1. The number of aromatic nitrogens is 1. The van der Waals surface area contributed by atoms with Gasteiger partial charge in [0.25, 0.3) is 0 Å². The minimum absolute atomic E-state index is 0.0429. The van der Waals surface area contributed by atoms with Gasteiger partial charge in [0.2, 0.25) is 0 Å². The van der Waals surface area contributed by atoms with Crippen LogP contribution in [-0.2, 0) is 0 Å². The minimum Gasteiger partial charge on any atom is -0.497 e. The maximum atomic E-state index is 12.4. The molecular weight excluding hydrogens is 340 g/mol. The largest absolute Gasteiger partial charge is 0.497 e. The van der Waals surface area contributed by atoms with Crippen LogP contribution >= 0.6 is 0 Å². The number of pyridine rings is 1. The summed E-state index contributed by atoms with van der Waals surface area (Å²) < 4.78 is 5.09. The topological polar surface area (TPSA) is 68.3 Å². The molecule has 0 fully saturated rings. The van der Waals surface area contributed by atoms with Crippen molar-refractivity contribution in [2.75, 3.05) is 19.0 Å². The Morgan fingerprint density at radius 3 is 2.07 bits per heavy atom. The monoisotopic (exact) mass is 360 g/mol. The van der Waals surface area contributed by atoms with Crippen LogP contribution in [0.15, 0.2) is 73.1 Å². The molecular formula is C22H20N2O3. The second kappa shape index (κ2) is 8.76. The first-order chi connectivity index (χ1) is 13.2. The van der Waals surface area contributed by atoms with Crippen LogP contribution in [0.5, 0.6) is 5.75 Å². The summed E-state index contributed by atoms with van der Waals surface area (Å²) in [6.45, 7) is 0.516. The van der Waals surface area contributed by atoms with Crippen LogP contribution in [0.25, 0.3) is 0 Å². The van der Waals surface area contributed by atoms with Gasteiger partial charge < -0.3 is 10.1 Å². The van der Waals surface area contributed by atoms with E-state index in [-0.39, 0.29) is 11.6 Å². The lowest BCUT2D eigenvalue weighted by atomic mass is 10.0. The predicted octanol–water partition coefficient (Wildman–Crippen LogP) is 4.01. The quantitative estimate of drug-likeness (QED) is 0.615. The van der Waals surface area contributed by atoms with Gasteiger partial charge in [-0.15, -0.1) is 0 Å². The summed E-state index contributed by atoms with van der Waals surface area (Å²) in [4.78, 5) is 28.5. The van der Waals surface area contributed by atoms with Gasteiger partial charge in [-0.2, -0.15) is 0 Å². The van der Waals surface area contributed by atoms with E-state index in [2.05, 4.69) is 10.3 Å². The van der Waals surface area contributed by atoms with Gasteiger partial charge in [0, 0.05) is 47.7 Å². The second-order valence-corrected chi connectivity index (χ2v) is 5.97. The van der Waals surface area contributed by atoms with Crippen molar-refractivity contribution in [3.8, 4) is 5.75 Å². The van der Waals surface area contributed by atoms with Crippen molar-refractivity contribution in [2.45, 2.75) is 6.42 Å². The number of nitrogens with one attached hydrogen (secondary N) is 1. The van der Waals surface area contributed by atoms with Crippen molar-refractivity contribution < 1.29 is 14.3 Å². The highest BCUT2D eigenvalue weighted by atomic mass is 16.5. The van der Waals surface area contributed by atoms with Crippen LogP contribution in [0.2, 0.25) is 0 Å². The molecule has 27 heavy (non-hydrogen) atoms. The van der Waals surface area contributed by atoms with Gasteiger partial charge >= 0.3 is 0 Å². The maximum Gasteiger partial charge on any atom is 0.193 e. The lowest BCUT2D eigenvalue weighted by Gasteiger charge is -2.08. The zero-order valence-electron chi connectivity index (χ0n) is 15.0. The first-order valence-electron chi connectivity index (χ1n) is 8.63. The standard InChI is InChI=1S/C22H20N2O3/c1-27-20-8-4-16(5-9-20)21(25)12-15-24-19-6-2-17(3-7-19)22(26)18-10-13-23-14-11-18/h2-11,13-14,24H,12,15H2,1H3. The number of nitrogens with zero attached hydrogens (tertiary/aromatic N) is 1. The number of carbonyl (C=O) groups excluding carboxylic acids is 2. The van der Waals surface area contributed by atoms with Gasteiger partial charge in [0.05, 0.1) is 7.11 Å². The van der Waals surface area contributed by atoms with E-state index in [1.807, 2.05) is 12.1 Å². The summed E-state index contributed by atoms with van der Waals surface area (Å²) in [5.41, 5.74) is 2.75. The van der Waals surface area contributed by atoms with Crippen LogP contribution in [0.3, 0.4) is 0 Å². The number of methoxy groups -OCH3 is 1. The number of benzene rings is 2. The van der Waals surface area contributed by atoms with Gasteiger partial charge in [-0.25, -0.2) is 0 Å². The van der Waals surface area contributed by atoms with Crippen LogP contribution in [-0.4, -0.2) is 30.2 Å². The smallest absolute Gasteiger partial charge is 0.193 e. The van der Waals surface area contributed by atoms with Crippen LogP contribution in [0, 0.1) is 0 Å². The van der Waals surface area contributed by atoms with Crippen LogP contribution in [0.4, 0.5) is 5.69 Å². The highest BCUT2D eigenvalue weighted by Gasteiger charge is 2.09. The number of hydrogen-bond acceptors (Lipinski definition) is 5. The summed E-state index contributed by atoms with van der Waals surface area (Å²) in [7, 11) is 1.59. The molecule has 1 aromatic heterocycles. The molecule has 5 nitrogen and oxygen atoms in total. The Bertz CT molecular complexity index is 905. The van der Waals surface area contributed by atoms with Gasteiger partial charge in [0.1, 0.15) is 5.75 Å².